The molecular formula is C23H26F3NO2. The maximum absolute atomic E-state index is 12.9. The summed E-state index contributed by atoms with van der Waals surface area (Å²) in [5.41, 5.74) is 2.33. The molecule has 0 bridgehead atoms. The van der Waals surface area contributed by atoms with Crippen LogP contribution in [0.1, 0.15) is 61.8 Å². The fraction of sp³-hybridized carbons (Fsp3) is 0.435. The molecule has 2 aromatic rings. The van der Waals surface area contributed by atoms with Crippen LogP contribution in [0.5, 0.6) is 0 Å². The van der Waals surface area contributed by atoms with Gasteiger partial charge in [0.25, 0.3) is 0 Å². The summed E-state index contributed by atoms with van der Waals surface area (Å²) >= 11 is 0. The molecule has 0 aromatic heterocycles. The monoisotopic (exact) mass is 405 g/mol. The van der Waals surface area contributed by atoms with Gasteiger partial charge in [0.2, 0.25) is 0 Å². The lowest BCUT2D eigenvalue weighted by Gasteiger charge is -2.41. The third kappa shape index (κ3) is 5.11. The van der Waals surface area contributed by atoms with E-state index in [9.17, 15) is 23.1 Å². The molecule has 1 heterocycles. The van der Waals surface area contributed by atoms with Crippen LogP contribution in [-0.2, 0) is 11.0 Å². The van der Waals surface area contributed by atoms with E-state index in [1.54, 1.807) is 12.1 Å². The average molecular weight is 405 g/mol. The molecule has 2 unspecified atom stereocenters. The molecule has 1 fully saturated rings. The molecule has 0 aliphatic carbocycles. The van der Waals surface area contributed by atoms with E-state index in [1.807, 2.05) is 12.1 Å². The Kier molecular flexibility index (Phi) is 6.20. The van der Waals surface area contributed by atoms with Gasteiger partial charge in [0.05, 0.1) is 11.6 Å². The van der Waals surface area contributed by atoms with Gasteiger partial charge in [0, 0.05) is 18.7 Å². The molecule has 3 nitrogen and oxygen atoms in total. The van der Waals surface area contributed by atoms with E-state index in [4.69, 9.17) is 0 Å². The second-order valence-corrected chi connectivity index (χ2v) is 8.08. The number of nitrogens with zero attached hydrogens (tertiary/aromatic N) is 1. The molecular weight excluding hydrogens is 379 g/mol. The third-order valence-corrected chi connectivity index (χ3v) is 5.66. The van der Waals surface area contributed by atoms with Crippen LogP contribution in [0.3, 0.4) is 0 Å². The summed E-state index contributed by atoms with van der Waals surface area (Å²) < 4.78 is 38.7. The van der Waals surface area contributed by atoms with Crippen molar-refractivity contribution in [2.75, 3.05) is 11.4 Å². The largest absolute Gasteiger partial charge is 0.481 e. The van der Waals surface area contributed by atoms with Crippen molar-refractivity contribution in [3.8, 4) is 0 Å². The maximum atomic E-state index is 12.9. The summed E-state index contributed by atoms with van der Waals surface area (Å²) in [6.45, 7) is 4.80. The summed E-state index contributed by atoms with van der Waals surface area (Å²) in [7, 11) is 0. The molecule has 29 heavy (non-hydrogen) atoms. The van der Waals surface area contributed by atoms with Crippen molar-refractivity contribution >= 4 is 11.7 Å². The number of hydrogen-bond donors (Lipinski definition) is 1. The summed E-state index contributed by atoms with van der Waals surface area (Å²) in [6.07, 6.45) is -2.82. The van der Waals surface area contributed by atoms with Gasteiger partial charge in [-0.25, -0.2) is 0 Å². The van der Waals surface area contributed by atoms with Gasteiger partial charge in [-0.3, -0.25) is 4.79 Å². The molecule has 0 radical (unpaired) electrons. The molecule has 0 amide bonds. The van der Waals surface area contributed by atoms with Crippen LogP contribution < -0.4 is 4.90 Å². The summed E-state index contributed by atoms with van der Waals surface area (Å²) in [6, 6.07) is 13.4. The molecule has 2 aromatic carbocycles. The van der Waals surface area contributed by atoms with Crippen molar-refractivity contribution in [1.82, 2.24) is 0 Å². The fourth-order valence-corrected chi connectivity index (χ4v) is 4.04. The predicted molar refractivity (Wildman–Crippen MR) is 107 cm³/mol. The van der Waals surface area contributed by atoms with Gasteiger partial charge in [-0.1, -0.05) is 38.1 Å². The van der Waals surface area contributed by atoms with Crippen LogP contribution in [0, 0.1) is 5.92 Å². The van der Waals surface area contributed by atoms with Crippen LogP contribution in [0.4, 0.5) is 18.9 Å². The van der Waals surface area contributed by atoms with Crippen LogP contribution in [0.15, 0.2) is 48.5 Å². The van der Waals surface area contributed by atoms with Crippen LogP contribution in [-0.4, -0.2) is 17.6 Å². The Morgan fingerprint density at radius 1 is 1.07 bits per heavy atom. The van der Waals surface area contributed by atoms with Crippen molar-refractivity contribution in [1.29, 1.82) is 0 Å². The van der Waals surface area contributed by atoms with Gasteiger partial charge >= 0.3 is 12.1 Å². The first-order valence-electron chi connectivity index (χ1n) is 9.90. The van der Waals surface area contributed by atoms with Crippen LogP contribution in [0.25, 0.3) is 0 Å². The van der Waals surface area contributed by atoms with Crippen molar-refractivity contribution in [2.45, 2.75) is 51.2 Å². The quantitative estimate of drug-likeness (QED) is 0.638. The van der Waals surface area contributed by atoms with Crippen molar-refractivity contribution in [3.63, 3.8) is 0 Å². The van der Waals surface area contributed by atoms with Gasteiger partial charge < -0.3 is 10.0 Å². The molecule has 6 heteroatoms. The van der Waals surface area contributed by atoms with E-state index < -0.39 is 17.7 Å². The first-order valence-corrected chi connectivity index (χ1v) is 9.90. The second-order valence-electron chi connectivity index (χ2n) is 8.08. The third-order valence-electron chi connectivity index (χ3n) is 5.66. The van der Waals surface area contributed by atoms with E-state index in [0.717, 1.165) is 29.8 Å². The number of hydrogen-bond acceptors (Lipinski definition) is 2. The highest BCUT2D eigenvalue weighted by Gasteiger charge is 2.33. The molecule has 0 saturated carbocycles. The summed E-state index contributed by atoms with van der Waals surface area (Å²) in [4.78, 5) is 13.3. The minimum absolute atomic E-state index is 0.0166. The number of anilines is 1. The number of halogens is 3. The highest BCUT2D eigenvalue weighted by atomic mass is 19.4. The standard InChI is InChI=1S/C23H26F3NO2/c1-15(2)17-6-10-20(11-7-17)27-14-16(13-22(28)29)3-12-21(27)18-4-8-19(9-5-18)23(24,25)26/h4-11,15-16,21H,3,12-14H2,1-2H3,(H,28,29). The topological polar surface area (TPSA) is 40.5 Å². The van der Waals surface area contributed by atoms with Crippen molar-refractivity contribution < 1.29 is 23.1 Å². The number of carboxylic acid groups (broad SMARTS) is 1. The Morgan fingerprint density at radius 3 is 2.21 bits per heavy atom. The summed E-state index contributed by atoms with van der Waals surface area (Å²) in [5, 5.41) is 9.18. The van der Waals surface area contributed by atoms with E-state index in [0.29, 0.717) is 18.9 Å². The highest BCUT2D eigenvalue weighted by molar-refractivity contribution is 5.67. The lowest BCUT2D eigenvalue weighted by Crippen LogP contribution is -2.39. The van der Waals surface area contributed by atoms with Gasteiger partial charge in [0.1, 0.15) is 0 Å². The molecule has 1 N–H and O–H groups in total. The van der Waals surface area contributed by atoms with Crippen LogP contribution >= 0.6 is 0 Å². The lowest BCUT2D eigenvalue weighted by atomic mass is 9.86. The number of benzene rings is 2. The number of carbonyl (C=O) groups is 1. The van der Waals surface area contributed by atoms with E-state index in [2.05, 4.69) is 30.9 Å². The lowest BCUT2D eigenvalue weighted by molar-refractivity contribution is -0.138. The van der Waals surface area contributed by atoms with Crippen molar-refractivity contribution in [3.05, 3.63) is 65.2 Å². The smallest absolute Gasteiger partial charge is 0.416 e. The Balaban J connectivity index is 1.90. The number of alkyl halides is 3. The maximum Gasteiger partial charge on any atom is 0.416 e. The Labute approximate surface area is 169 Å². The molecule has 3 rings (SSSR count). The first kappa shape index (κ1) is 21.2. The molecule has 1 aliphatic heterocycles. The Bertz CT molecular complexity index is 829. The highest BCUT2D eigenvalue weighted by Crippen LogP contribution is 2.39. The fourth-order valence-electron chi connectivity index (χ4n) is 4.04. The first-order chi connectivity index (χ1) is 13.6. The van der Waals surface area contributed by atoms with Gasteiger partial charge in [0.15, 0.2) is 0 Å². The normalized spacial score (nSPS) is 20.1. The van der Waals surface area contributed by atoms with E-state index in [-0.39, 0.29) is 18.4 Å². The number of piperidine rings is 1. The van der Waals surface area contributed by atoms with Crippen molar-refractivity contribution in [2.24, 2.45) is 5.92 Å². The minimum Gasteiger partial charge on any atom is -0.481 e. The zero-order chi connectivity index (χ0) is 21.2. The zero-order valence-electron chi connectivity index (χ0n) is 16.6. The molecule has 1 saturated heterocycles. The van der Waals surface area contributed by atoms with E-state index >= 15 is 0 Å². The second kappa shape index (κ2) is 8.47. The SMILES string of the molecule is CC(C)c1ccc(N2CC(CC(=O)O)CCC2c2ccc(C(F)(F)F)cc2)cc1. The van der Waals surface area contributed by atoms with E-state index in [1.165, 1.54) is 5.56 Å². The van der Waals surface area contributed by atoms with Crippen LogP contribution in [0.2, 0.25) is 0 Å². The molecule has 1 aliphatic rings. The van der Waals surface area contributed by atoms with Gasteiger partial charge in [-0.05, 0) is 60.1 Å². The number of aliphatic carboxylic acids is 1. The molecule has 0 spiro atoms. The Morgan fingerprint density at radius 2 is 1.69 bits per heavy atom. The molecule has 156 valence electrons. The van der Waals surface area contributed by atoms with Gasteiger partial charge in [-0.2, -0.15) is 13.2 Å². The Hall–Kier alpha value is -2.50. The minimum atomic E-state index is -4.36. The molecule has 2 atom stereocenters. The average Bonchev–Trinajstić information content (AvgIpc) is 2.67. The summed E-state index contributed by atoms with van der Waals surface area (Å²) in [5.74, 6) is -0.406. The number of carboxylic acids is 1. The van der Waals surface area contributed by atoms with Gasteiger partial charge in [-0.15, -0.1) is 0 Å². The predicted octanol–water partition coefficient (Wildman–Crippen LogP) is 6.26. The zero-order valence-corrected chi connectivity index (χ0v) is 16.6. The number of rotatable bonds is 5.